The highest BCUT2D eigenvalue weighted by Gasteiger charge is 2.14. The summed E-state index contributed by atoms with van der Waals surface area (Å²) in [6.07, 6.45) is 0.00424. The van der Waals surface area contributed by atoms with Gasteiger partial charge in [-0.3, -0.25) is 4.79 Å². The van der Waals surface area contributed by atoms with Crippen LogP contribution in [0.5, 0.6) is 5.75 Å². The van der Waals surface area contributed by atoms with Gasteiger partial charge in [0.1, 0.15) is 36.1 Å². The summed E-state index contributed by atoms with van der Waals surface area (Å²) in [6.45, 7) is 6.49. The normalized spacial score (nSPS) is 10.9. The summed E-state index contributed by atoms with van der Waals surface area (Å²) in [5.74, 6) is 0.162. The Hall–Kier alpha value is -3.12. The van der Waals surface area contributed by atoms with Crippen molar-refractivity contribution in [1.29, 1.82) is 0 Å². The predicted molar refractivity (Wildman–Crippen MR) is 108 cm³/mol. The van der Waals surface area contributed by atoms with E-state index in [2.05, 4.69) is 6.58 Å². The standard InChI is InChI=1S/C23H23FO5/c1-14(2)20-8-15(7-17-9-19(13-26-3)29-23(17)20)12-28-21-11-18(24)6-5-16(21)10-22(25)27-4/h5-9,11H,1,10,12-13H2,2-4H3. The van der Waals surface area contributed by atoms with E-state index in [4.69, 9.17) is 18.6 Å². The minimum Gasteiger partial charge on any atom is -0.488 e. The molecule has 0 saturated heterocycles. The van der Waals surface area contributed by atoms with E-state index in [0.29, 0.717) is 23.7 Å². The van der Waals surface area contributed by atoms with Gasteiger partial charge in [0, 0.05) is 29.7 Å². The van der Waals surface area contributed by atoms with Crippen molar-refractivity contribution in [2.75, 3.05) is 14.2 Å². The van der Waals surface area contributed by atoms with Crippen molar-refractivity contribution in [3.63, 3.8) is 0 Å². The zero-order valence-electron chi connectivity index (χ0n) is 16.7. The number of hydrogen-bond donors (Lipinski definition) is 0. The Balaban J connectivity index is 1.90. The van der Waals surface area contributed by atoms with Crippen LogP contribution in [0, 0.1) is 5.82 Å². The third kappa shape index (κ3) is 4.84. The number of allylic oxidation sites excluding steroid dienone is 1. The molecule has 0 radical (unpaired) electrons. The predicted octanol–water partition coefficient (Wildman–Crippen LogP) is 5.05. The maximum Gasteiger partial charge on any atom is 0.310 e. The Bertz CT molecular complexity index is 1050. The second-order valence-corrected chi connectivity index (χ2v) is 6.78. The molecule has 0 fully saturated rings. The second kappa shape index (κ2) is 8.92. The van der Waals surface area contributed by atoms with Crippen molar-refractivity contribution >= 4 is 22.5 Å². The SMILES string of the molecule is C=C(C)c1cc(COc2cc(F)ccc2CC(=O)OC)cc2cc(COC)oc12. The Morgan fingerprint density at radius 3 is 2.62 bits per heavy atom. The van der Waals surface area contributed by atoms with Crippen LogP contribution in [0.1, 0.15) is 29.4 Å². The minimum atomic E-state index is -0.439. The number of hydrogen-bond acceptors (Lipinski definition) is 5. The first-order chi connectivity index (χ1) is 13.9. The number of benzene rings is 2. The van der Waals surface area contributed by atoms with E-state index in [9.17, 15) is 9.18 Å². The zero-order valence-corrected chi connectivity index (χ0v) is 16.7. The van der Waals surface area contributed by atoms with Crippen molar-refractivity contribution in [3.8, 4) is 5.75 Å². The molecule has 5 nitrogen and oxygen atoms in total. The van der Waals surface area contributed by atoms with Crippen LogP contribution in [0.3, 0.4) is 0 Å². The number of carbonyl (C=O) groups is 1. The van der Waals surface area contributed by atoms with Gasteiger partial charge in [0.25, 0.3) is 0 Å². The van der Waals surface area contributed by atoms with Crippen molar-refractivity contribution in [2.45, 2.75) is 26.6 Å². The van der Waals surface area contributed by atoms with Gasteiger partial charge in [-0.05, 0) is 42.3 Å². The lowest BCUT2D eigenvalue weighted by Crippen LogP contribution is -2.07. The first kappa shape index (κ1) is 20.6. The summed E-state index contributed by atoms with van der Waals surface area (Å²) in [5, 5.41) is 0.908. The number of furan rings is 1. The van der Waals surface area contributed by atoms with E-state index in [0.717, 1.165) is 27.7 Å². The molecule has 0 saturated carbocycles. The van der Waals surface area contributed by atoms with Crippen molar-refractivity contribution in [3.05, 3.63) is 71.2 Å². The van der Waals surface area contributed by atoms with Gasteiger partial charge in [-0.2, -0.15) is 0 Å². The van der Waals surface area contributed by atoms with Crippen molar-refractivity contribution < 1.29 is 27.8 Å². The largest absolute Gasteiger partial charge is 0.488 e. The molecule has 0 aliphatic heterocycles. The molecule has 0 amide bonds. The third-order valence-electron chi connectivity index (χ3n) is 4.46. The highest BCUT2D eigenvalue weighted by Crippen LogP contribution is 2.30. The van der Waals surface area contributed by atoms with E-state index < -0.39 is 11.8 Å². The summed E-state index contributed by atoms with van der Waals surface area (Å²) in [7, 11) is 2.92. The van der Waals surface area contributed by atoms with Crippen molar-refractivity contribution in [1.82, 2.24) is 0 Å². The maximum atomic E-state index is 13.7. The molecule has 6 heteroatoms. The zero-order chi connectivity index (χ0) is 21.0. The molecule has 0 aliphatic carbocycles. The summed E-state index contributed by atoms with van der Waals surface area (Å²) in [5.41, 5.74) is 3.90. The number of methoxy groups -OCH3 is 2. The summed E-state index contributed by atoms with van der Waals surface area (Å²) >= 11 is 0. The maximum absolute atomic E-state index is 13.7. The van der Waals surface area contributed by atoms with Crippen LogP contribution < -0.4 is 4.74 Å². The number of rotatable bonds is 8. The van der Waals surface area contributed by atoms with Gasteiger partial charge < -0.3 is 18.6 Å². The smallest absolute Gasteiger partial charge is 0.310 e. The quantitative estimate of drug-likeness (QED) is 0.497. The van der Waals surface area contributed by atoms with Gasteiger partial charge >= 0.3 is 5.97 Å². The topological polar surface area (TPSA) is 57.9 Å². The minimum absolute atomic E-state index is 0.00424. The molecule has 152 valence electrons. The number of halogens is 1. The summed E-state index contributed by atoms with van der Waals surface area (Å²) in [6, 6.07) is 9.88. The first-order valence-electron chi connectivity index (χ1n) is 9.09. The summed E-state index contributed by atoms with van der Waals surface area (Å²) in [4.78, 5) is 11.6. The van der Waals surface area contributed by atoms with E-state index in [-0.39, 0.29) is 13.0 Å². The third-order valence-corrected chi connectivity index (χ3v) is 4.46. The van der Waals surface area contributed by atoms with Gasteiger partial charge in [-0.25, -0.2) is 4.39 Å². The molecule has 2 aromatic carbocycles. The lowest BCUT2D eigenvalue weighted by atomic mass is 10.0. The highest BCUT2D eigenvalue weighted by atomic mass is 19.1. The Kier molecular flexibility index (Phi) is 6.34. The van der Waals surface area contributed by atoms with Crippen LogP contribution in [0.4, 0.5) is 4.39 Å². The number of esters is 1. The fourth-order valence-corrected chi connectivity index (χ4v) is 3.08. The molecule has 0 bridgehead atoms. The van der Waals surface area contributed by atoms with Crippen LogP contribution in [0.25, 0.3) is 16.5 Å². The molecule has 0 N–H and O–H groups in total. The highest BCUT2D eigenvalue weighted by molar-refractivity contribution is 5.90. The van der Waals surface area contributed by atoms with E-state index in [1.807, 2.05) is 25.1 Å². The van der Waals surface area contributed by atoms with Crippen LogP contribution in [-0.2, 0) is 33.9 Å². The van der Waals surface area contributed by atoms with Crippen LogP contribution in [0.2, 0.25) is 0 Å². The lowest BCUT2D eigenvalue weighted by molar-refractivity contribution is -0.139. The monoisotopic (exact) mass is 398 g/mol. The molecular weight excluding hydrogens is 375 g/mol. The van der Waals surface area contributed by atoms with Gasteiger partial charge in [0.05, 0.1) is 13.5 Å². The van der Waals surface area contributed by atoms with Crippen LogP contribution in [0.15, 0.2) is 47.4 Å². The number of ether oxygens (including phenoxy) is 3. The average molecular weight is 398 g/mol. The van der Waals surface area contributed by atoms with Crippen molar-refractivity contribution in [2.24, 2.45) is 0 Å². The molecule has 29 heavy (non-hydrogen) atoms. The molecule has 0 unspecified atom stereocenters. The van der Waals surface area contributed by atoms with Crippen LogP contribution >= 0.6 is 0 Å². The lowest BCUT2D eigenvalue weighted by Gasteiger charge is -2.12. The number of fused-ring (bicyclic) bond motifs is 1. The molecule has 0 aliphatic rings. The van der Waals surface area contributed by atoms with Gasteiger partial charge in [0.15, 0.2) is 0 Å². The molecule has 0 spiro atoms. The van der Waals surface area contributed by atoms with Gasteiger partial charge in [-0.15, -0.1) is 0 Å². The second-order valence-electron chi connectivity index (χ2n) is 6.78. The van der Waals surface area contributed by atoms with Gasteiger partial charge in [-0.1, -0.05) is 12.6 Å². The molecule has 3 rings (SSSR count). The molecule has 1 heterocycles. The average Bonchev–Trinajstić information content (AvgIpc) is 3.09. The molecule has 0 atom stereocenters. The fraction of sp³-hybridized carbons (Fsp3) is 0.261. The van der Waals surface area contributed by atoms with Crippen LogP contribution in [-0.4, -0.2) is 20.2 Å². The number of carbonyl (C=O) groups excluding carboxylic acids is 1. The Morgan fingerprint density at radius 1 is 1.14 bits per heavy atom. The Morgan fingerprint density at radius 2 is 1.93 bits per heavy atom. The molecule has 3 aromatic rings. The van der Waals surface area contributed by atoms with E-state index in [1.165, 1.54) is 25.3 Å². The Labute approximate surface area is 168 Å². The fourth-order valence-electron chi connectivity index (χ4n) is 3.08. The first-order valence-corrected chi connectivity index (χ1v) is 9.09. The van der Waals surface area contributed by atoms with E-state index >= 15 is 0 Å². The van der Waals surface area contributed by atoms with Gasteiger partial charge in [0.2, 0.25) is 0 Å². The molecule has 1 aromatic heterocycles. The van der Waals surface area contributed by atoms with E-state index in [1.54, 1.807) is 7.11 Å². The molecular formula is C23H23FO5. The summed E-state index contributed by atoms with van der Waals surface area (Å²) < 4.78 is 35.3.